The van der Waals surface area contributed by atoms with E-state index in [9.17, 15) is 29.4 Å². The molecule has 284 valence electrons. The van der Waals surface area contributed by atoms with Crippen molar-refractivity contribution in [3.05, 3.63) is 72.1 Å². The van der Waals surface area contributed by atoms with Gasteiger partial charge in [0.15, 0.2) is 0 Å². The van der Waals surface area contributed by atoms with Crippen molar-refractivity contribution in [1.29, 1.82) is 0 Å². The fourth-order valence-electron chi connectivity index (χ4n) is 6.45. The summed E-state index contributed by atoms with van der Waals surface area (Å²) in [4.78, 5) is 53.3. The van der Waals surface area contributed by atoms with Crippen LogP contribution in [0.3, 0.4) is 0 Å². The van der Waals surface area contributed by atoms with E-state index in [1.807, 2.05) is 48.5 Å². The van der Waals surface area contributed by atoms with E-state index >= 15 is 0 Å². The normalized spacial score (nSPS) is 12.0. The number of unbranched alkanes of at least 4 members (excludes halogenated alkanes) is 12. The number of carbonyl (C=O) groups is 4. The molecular formula is C42H58CaN4O6. The summed E-state index contributed by atoms with van der Waals surface area (Å²) in [5.41, 5.74) is 3.64. The first-order valence-corrected chi connectivity index (χ1v) is 19.3. The summed E-state index contributed by atoms with van der Waals surface area (Å²) >= 11 is 0. The summed E-state index contributed by atoms with van der Waals surface area (Å²) in [5, 5.41) is 30.1. The van der Waals surface area contributed by atoms with Crippen LogP contribution in [0.15, 0.2) is 60.9 Å². The van der Waals surface area contributed by atoms with E-state index in [1.54, 1.807) is 12.4 Å². The monoisotopic (exact) mass is 754 g/mol. The largest absolute Gasteiger partial charge is 2.00 e. The number of para-hydroxylation sites is 2. The van der Waals surface area contributed by atoms with Gasteiger partial charge in [-0.25, -0.2) is 0 Å². The number of aliphatic carboxylic acids is 2. The molecule has 0 unspecified atom stereocenters. The SMILES string of the molecule is CCCCCCCCCC(=O)N[C@@H](Cc1c[nH]c2ccccc12)C(=O)[O-].CCCCCCCCCC(=O)N[C@@H](Cc1c[nH]c2ccccc12)C(=O)[O-].[Ca+2]. The van der Waals surface area contributed by atoms with Gasteiger partial charge in [-0.1, -0.05) is 127 Å². The number of amides is 2. The van der Waals surface area contributed by atoms with E-state index in [-0.39, 0.29) is 62.4 Å². The van der Waals surface area contributed by atoms with Gasteiger partial charge >= 0.3 is 37.7 Å². The molecular weight excluding hydrogens is 697 g/mol. The molecule has 4 N–H and O–H groups in total. The second-order valence-corrected chi connectivity index (χ2v) is 13.7. The minimum Gasteiger partial charge on any atom is -0.548 e. The minimum absolute atomic E-state index is 0. The Kier molecular flexibility index (Phi) is 22.9. The molecule has 0 saturated carbocycles. The predicted molar refractivity (Wildman–Crippen MR) is 209 cm³/mol. The van der Waals surface area contributed by atoms with E-state index in [0.717, 1.165) is 71.5 Å². The number of carbonyl (C=O) groups excluding carboxylic acids is 4. The second kappa shape index (κ2) is 26.4. The van der Waals surface area contributed by atoms with Gasteiger partial charge in [-0.15, -0.1) is 0 Å². The van der Waals surface area contributed by atoms with Gasteiger partial charge < -0.3 is 40.4 Å². The molecule has 2 heterocycles. The smallest absolute Gasteiger partial charge is 0.548 e. The summed E-state index contributed by atoms with van der Waals surface area (Å²) in [5.74, 6) is -2.92. The fraction of sp³-hybridized carbons (Fsp3) is 0.524. The standard InChI is InChI=1S/2C21H30N2O3.Ca/c2*1-2-3-4-5-6-7-8-13-20(24)23-19(21(25)26)14-16-15-22-18-12-10-9-11-17(16)18;/h2*9-12,15,19,22H,2-8,13-14H2,1H3,(H,23,24)(H,25,26);/q;;+2/p-2/t2*19-;/m00./s1. The van der Waals surface area contributed by atoms with Crippen LogP contribution in [0.2, 0.25) is 0 Å². The van der Waals surface area contributed by atoms with Gasteiger partial charge in [0.25, 0.3) is 0 Å². The van der Waals surface area contributed by atoms with Gasteiger partial charge in [0.2, 0.25) is 11.8 Å². The minimum atomic E-state index is -1.25. The Morgan fingerprint density at radius 1 is 0.547 bits per heavy atom. The molecule has 53 heavy (non-hydrogen) atoms. The first-order valence-electron chi connectivity index (χ1n) is 19.3. The number of carboxylic acid groups (broad SMARTS) is 2. The van der Waals surface area contributed by atoms with Crippen molar-refractivity contribution in [2.45, 2.75) is 142 Å². The maximum absolute atomic E-state index is 12.1. The van der Waals surface area contributed by atoms with Crippen LogP contribution < -0.4 is 20.8 Å². The van der Waals surface area contributed by atoms with E-state index in [2.05, 4.69) is 34.4 Å². The molecule has 4 rings (SSSR count). The number of H-pyrrole nitrogens is 2. The van der Waals surface area contributed by atoms with Crippen LogP contribution in [-0.2, 0) is 32.0 Å². The average Bonchev–Trinajstić information content (AvgIpc) is 3.74. The van der Waals surface area contributed by atoms with Crippen LogP contribution in [0.25, 0.3) is 21.8 Å². The molecule has 0 aliphatic heterocycles. The zero-order valence-corrected chi connectivity index (χ0v) is 34.0. The number of aromatic amines is 2. The molecule has 2 atom stereocenters. The molecule has 0 bridgehead atoms. The van der Waals surface area contributed by atoms with Crippen molar-refractivity contribution in [3.63, 3.8) is 0 Å². The van der Waals surface area contributed by atoms with E-state index in [0.29, 0.717) is 12.8 Å². The predicted octanol–water partition coefficient (Wildman–Crippen LogP) is 5.79. The maximum atomic E-state index is 12.1. The number of nitrogens with one attached hydrogen (secondary N) is 4. The molecule has 0 spiro atoms. The van der Waals surface area contributed by atoms with Gasteiger partial charge in [0, 0.05) is 59.9 Å². The number of hydrogen-bond donors (Lipinski definition) is 4. The quantitative estimate of drug-likeness (QED) is 0.0521. The Labute approximate surface area is 344 Å². The molecule has 10 nitrogen and oxygen atoms in total. The van der Waals surface area contributed by atoms with Crippen molar-refractivity contribution in [1.82, 2.24) is 20.6 Å². The Morgan fingerprint density at radius 2 is 0.887 bits per heavy atom. The van der Waals surface area contributed by atoms with Crippen molar-refractivity contribution in [2.24, 2.45) is 0 Å². The first-order chi connectivity index (χ1) is 25.2. The van der Waals surface area contributed by atoms with Crippen molar-refractivity contribution in [2.75, 3.05) is 0 Å². The van der Waals surface area contributed by atoms with Crippen LogP contribution in [0.4, 0.5) is 0 Å². The molecule has 2 aromatic heterocycles. The molecule has 0 aliphatic rings. The third kappa shape index (κ3) is 17.1. The van der Waals surface area contributed by atoms with E-state index in [1.165, 1.54) is 51.4 Å². The van der Waals surface area contributed by atoms with Crippen LogP contribution in [0, 0.1) is 0 Å². The van der Waals surface area contributed by atoms with Gasteiger partial charge in [-0.3, -0.25) is 9.59 Å². The van der Waals surface area contributed by atoms with Gasteiger partial charge in [0.1, 0.15) is 0 Å². The summed E-state index contributed by atoms with van der Waals surface area (Å²) in [6.45, 7) is 4.38. The van der Waals surface area contributed by atoms with Crippen molar-refractivity contribution in [3.8, 4) is 0 Å². The van der Waals surface area contributed by atoms with Crippen molar-refractivity contribution >= 4 is 83.3 Å². The van der Waals surface area contributed by atoms with Crippen LogP contribution in [-0.4, -0.2) is 83.5 Å². The Bertz CT molecular complexity index is 1550. The van der Waals surface area contributed by atoms with E-state index in [4.69, 9.17) is 0 Å². The van der Waals surface area contributed by atoms with Crippen LogP contribution in [0.5, 0.6) is 0 Å². The number of fused-ring (bicyclic) bond motifs is 2. The molecule has 2 aromatic carbocycles. The zero-order chi connectivity index (χ0) is 37.6. The number of aromatic nitrogens is 2. The molecule has 0 radical (unpaired) electrons. The molecule has 0 fully saturated rings. The topological polar surface area (TPSA) is 170 Å². The average molecular weight is 755 g/mol. The summed E-state index contributed by atoms with van der Waals surface area (Å²) in [6, 6.07) is 13.4. The second-order valence-electron chi connectivity index (χ2n) is 13.7. The number of hydrogen-bond acceptors (Lipinski definition) is 6. The Hall–Kier alpha value is -3.34. The zero-order valence-electron chi connectivity index (χ0n) is 31.8. The number of benzene rings is 2. The van der Waals surface area contributed by atoms with Crippen LogP contribution in [0.1, 0.15) is 128 Å². The van der Waals surface area contributed by atoms with Gasteiger partial charge in [-0.2, -0.15) is 0 Å². The third-order valence-corrected chi connectivity index (χ3v) is 9.45. The van der Waals surface area contributed by atoms with E-state index < -0.39 is 24.0 Å². The summed E-state index contributed by atoms with van der Waals surface area (Å²) in [7, 11) is 0. The third-order valence-electron chi connectivity index (χ3n) is 9.45. The first kappa shape index (κ1) is 45.8. The maximum Gasteiger partial charge on any atom is 2.00 e. The fourth-order valence-corrected chi connectivity index (χ4v) is 6.45. The van der Waals surface area contributed by atoms with Gasteiger partial charge in [-0.05, 0) is 36.1 Å². The molecule has 11 heteroatoms. The van der Waals surface area contributed by atoms with Gasteiger partial charge in [0.05, 0.1) is 24.0 Å². The number of rotatable bonds is 24. The Balaban J connectivity index is 0.000000360. The molecule has 0 saturated heterocycles. The van der Waals surface area contributed by atoms with Crippen LogP contribution >= 0.6 is 0 Å². The number of carboxylic acids is 2. The molecule has 2 amide bonds. The van der Waals surface area contributed by atoms with Crippen molar-refractivity contribution < 1.29 is 29.4 Å². The molecule has 0 aliphatic carbocycles. The summed E-state index contributed by atoms with van der Waals surface area (Å²) in [6.07, 6.45) is 20.5. The summed E-state index contributed by atoms with van der Waals surface area (Å²) < 4.78 is 0. The Morgan fingerprint density at radius 3 is 1.25 bits per heavy atom. The molecule has 4 aromatic rings.